The van der Waals surface area contributed by atoms with Gasteiger partial charge in [0.25, 0.3) is 0 Å². The van der Waals surface area contributed by atoms with E-state index in [2.05, 4.69) is 4.90 Å². The molecular formula is C22H23ClN2O4S. The van der Waals surface area contributed by atoms with Crippen molar-refractivity contribution in [2.75, 3.05) is 26.2 Å². The fourth-order valence-electron chi connectivity index (χ4n) is 3.78. The van der Waals surface area contributed by atoms with Gasteiger partial charge in [-0.1, -0.05) is 23.7 Å². The molecule has 0 aliphatic carbocycles. The molecule has 1 aromatic heterocycles. The summed E-state index contributed by atoms with van der Waals surface area (Å²) in [6, 6.07) is 12.0. The van der Waals surface area contributed by atoms with Crippen LogP contribution in [0, 0.1) is 13.8 Å². The molecule has 0 atom stereocenters. The summed E-state index contributed by atoms with van der Waals surface area (Å²) in [4.78, 5) is 14.3. The first-order chi connectivity index (χ1) is 14.3. The largest absolute Gasteiger partial charge is 0.423 e. The fourth-order valence-corrected chi connectivity index (χ4v) is 5.69. The van der Waals surface area contributed by atoms with Crippen LogP contribution >= 0.6 is 11.6 Å². The highest BCUT2D eigenvalue weighted by Crippen LogP contribution is 2.26. The second-order valence-corrected chi connectivity index (χ2v) is 9.95. The molecule has 0 bridgehead atoms. The molecule has 0 saturated carbocycles. The monoisotopic (exact) mass is 446 g/mol. The minimum atomic E-state index is -3.63. The van der Waals surface area contributed by atoms with Crippen molar-refractivity contribution in [1.29, 1.82) is 0 Å². The van der Waals surface area contributed by atoms with Gasteiger partial charge in [-0.15, -0.1) is 0 Å². The van der Waals surface area contributed by atoms with Crippen molar-refractivity contribution in [3.8, 4) is 0 Å². The first-order valence-corrected chi connectivity index (χ1v) is 11.6. The average molecular weight is 447 g/mol. The van der Waals surface area contributed by atoms with E-state index in [4.69, 9.17) is 16.0 Å². The van der Waals surface area contributed by atoms with Crippen LogP contribution in [0.3, 0.4) is 0 Å². The van der Waals surface area contributed by atoms with Gasteiger partial charge < -0.3 is 4.42 Å². The molecule has 1 saturated heterocycles. The van der Waals surface area contributed by atoms with Gasteiger partial charge in [-0.2, -0.15) is 4.31 Å². The molecule has 1 fully saturated rings. The molecule has 30 heavy (non-hydrogen) atoms. The maximum Gasteiger partial charge on any atom is 0.336 e. The third-order valence-corrected chi connectivity index (χ3v) is 8.02. The SMILES string of the molecule is Cc1cc2oc(=O)cc(CN3CCN(S(=O)(=O)c4ccccc4Cl)CC3)c2cc1C. The fraction of sp³-hybridized carbons (Fsp3) is 0.318. The van der Waals surface area contributed by atoms with Crippen molar-refractivity contribution in [1.82, 2.24) is 9.21 Å². The number of sulfonamides is 1. The standard InChI is InChI=1S/C22H23ClN2O4S/c1-15-11-18-17(13-22(26)29-20(18)12-16(15)2)14-24-7-9-25(10-8-24)30(27,28)21-6-4-3-5-19(21)23/h3-6,11-13H,7-10,14H2,1-2H3. The Bertz CT molecular complexity index is 1260. The lowest BCUT2D eigenvalue weighted by atomic mass is 10.0. The number of piperazine rings is 1. The Morgan fingerprint density at radius 2 is 1.67 bits per heavy atom. The van der Waals surface area contributed by atoms with Crippen LogP contribution in [-0.4, -0.2) is 43.8 Å². The summed E-state index contributed by atoms with van der Waals surface area (Å²) in [6.45, 7) is 6.44. The topological polar surface area (TPSA) is 70.8 Å². The molecule has 0 unspecified atom stereocenters. The van der Waals surface area contributed by atoms with E-state index in [0.717, 1.165) is 22.1 Å². The molecule has 1 aliphatic heterocycles. The van der Waals surface area contributed by atoms with E-state index in [1.165, 1.54) is 16.4 Å². The Hall–Kier alpha value is -2.19. The lowest BCUT2D eigenvalue weighted by Gasteiger charge is -2.34. The summed E-state index contributed by atoms with van der Waals surface area (Å²) in [7, 11) is -3.63. The van der Waals surface area contributed by atoms with E-state index in [1.807, 2.05) is 26.0 Å². The Labute approximate surface area is 180 Å². The number of aryl methyl sites for hydroxylation is 2. The second-order valence-electron chi connectivity index (χ2n) is 7.63. The molecule has 0 spiro atoms. The predicted molar refractivity (Wildman–Crippen MR) is 117 cm³/mol. The molecule has 0 amide bonds. The summed E-state index contributed by atoms with van der Waals surface area (Å²) < 4.78 is 32.7. The molecular weight excluding hydrogens is 424 g/mol. The normalized spacial score (nSPS) is 16.2. The van der Waals surface area contributed by atoms with Crippen LogP contribution in [-0.2, 0) is 16.6 Å². The number of fused-ring (bicyclic) bond motifs is 1. The van der Waals surface area contributed by atoms with E-state index < -0.39 is 10.0 Å². The van der Waals surface area contributed by atoms with Gasteiger partial charge in [0.1, 0.15) is 10.5 Å². The minimum absolute atomic E-state index is 0.137. The van der Waals surface area contributed by atoms with Crippen molar-refractivity contribution in [3.05, 3.63) is 74.6 Å². The van der Waals surface area contributed by atoms with Gasteiger partial charge in [0.2, 0.25) is 10.0 Å². The highest BCUT2D eigenvalue weighted by Gasteiger charge is 2.30. The maximum absolute atomic E-state index is 12.9. The number of benzene rings is 2. The van der Waals surface area contributed by atoms with E-state index in [1.54, 1.807) is 18.2 Å². The summed E-state index contributed by atoms with van der Waals surface area (Å²) in [5, 5.41) is 1.15. The minimum Gasteiger partial charge on any atom is -0.423 e. The van der Waals surface area contributed by atoms with Crippen molar-refractivity contribution < 1.29 is 12.8 Å². The summed E-state index contributed by atoms with van der Waals surface area (Å²) >= 11 is 6.10. The van der Waals surface area contributed by atoms with Crippen molar-refractivity contribution in [2.45, 2.75) is 25.3 Å². The van der Waals surface area contributed by atoms with Gasteiger partial charge in [-0.3, -0.25) is 4.90 Å². The van der Waals surface area contributed by atoms with E-state index >= 15 is 0 Å². The lowest BCUT2D eigenvalue weighted by Crippen LogP contribution is -2.48. The van der Waals surface area contributed by atoms with Crippen LogP contribution in [0.2, 0.25) is 5.02 Å². The number of hydrogen-bond acceptors (Lipinski definition) is 5. The number of rotatable bonds is 4. The van der Waals surface area contributed by atoms with Crippen molar-refractivity contribution in [2.24, 2.45) is 0 Å². The van der Waals surface area contributed by atoms with Crippen LogP contribution in [0.25, 0.3) is 11.0 Å². The van der Waals surface area contributed by atoms with Gasteiger partial charge in [-0.05, 0) is 54.8 Å². The molecule has 0 N–H and O–H groups in total. The smallest absolute Gasteiger partial charge is 0.336 e. The van der Waals surface area contributed by atoms with Crippen molar-refractivity contribution in [3.63, 3.8) is 0 Å². The summed E-state index contributed by atoms with van der Waals surface area (Å²) in [5.41, 5.74) is 3.31. The van der Waals surface area contributed by atoms with Crippen LogP contribution in [0.5, 0.6) is 0 Å². The van der Waals surface area contributed by atoms with Gasteiger partial charge in [0.15, 0.2) is 0 Å². The van der Waals surface area contributed by atoms with E-state index in [9.17, 15) is 13.2 Å². The molecule has 0 radical (unpaired) electrons. The Balaban J connectivity index is 1.53. The quantitative estimate of drug-likeness (QED) is 0.573. The van der Waals surface area contributed by atoms with E-state index in [-0.39, 0.29) is 15.5 Å². The van der Waals surface area contributed by atoms with E-state index in [0.29, 0.717) is 38.3 Å². The first kappa shape index (κ1) is 21.1. The zero-order valence-corrected chi connectivity index (χ0v) is 18.5. The molecule has 6 nitrogen and oxygen atoms in total. The zero-order valence-electron chi connectivity index (χ0n) is 16.9. The van der Waals surface area contributed by atoms with Crippen molar-refractivity contribution >= 4 is 32.6 Å². The Kier molecular flexibility index (Phi) is 5.72. The molecule has 1 aliphatic rings. The third-order valence-electron chi connectivity index (χ3n) is 5.62. The van der Waals surface area contributed by atoms with Gasteiger partial charge >= 0.3 is 5.63 Å². The van der Waals surface area contributed by atoms with Crippen LogP contribution in [0.1, 0.15) is 16.7 Å². The number of nitrogens with zero attached hydrogens (tertiary/aromatic N) is 2. The van der Waals surface area contributed by atoms with Gasteiger partial charge in [0, 0.05) is 44.2 Å². The average Bonchev–Trinajstić information content (AvgIpc) is 2.70. The van der Waals surface area contributed by atoms with Gasteiger partial charge in [-0.25, -0.2) is 13.2 Å². The third kappa shape index (κ3) is 4.03. The van der Waals surface area contributed by atoms with Crippen LogP contribution in [0.4, 0.5) is 0 Å². The highest BCUT2D eigenvalue weighted by molar-refractivity contribution is 7.89. The Morgan fingerprint density at radius 1 is 1.00 bits per heavy atom. The first-order valence-electron chi connectivity index (χ1n) is 9.77. The molecule has 2 heterocycles. The molecule has 3 aromatic rings. The molecule has 158 valence electrons. The lowest BCUT2D eigenvalue weighted by molar-refractivity contribution is 0.182. The highest BCUT2D eigenvalue weighted by atomic mass is 35.5. The zero-order chi connectivity index (χ0) is 21.5. The summed E-state index contributed by atoms with van der Waals surface area (Å²) in [6.07, 6.45) is 0. The maximum atomic E-state index is 12.9. The number of hydrogen-bond donors (Lipinski definition) is 0. The molecule has 2 aromatic carbocycles. The number of halogens is 1. The van der Waals surface area contributed by atoms with Gasteiger partial charge in [0.05, 0.1) is 5.02 Å². The Morgan fingerprint density at radius 3 is 2.37 bits per heavy atom. The van der Waals surface area contributed by atoms with Crippen LogP contribution in [0.15, 0.2) is 56.6 Å². The molecule has 4 rings (SSSR count). The second kappa shape index (κ2) is 8.15. The predicted octanol–water partition coefficient (Wildman–Crippen LogP) is 3.57. The summed E-state index contributed by atoms with van der Waals surface area (Å²) in [5.74, 6) is 0. The molecule has 8 heteroatoms. The van der Waals surface area contributed by atoms with Crippen LogP contribution < -0.4 is 5.63 Å².